The van der Waals surface area contributed by atoms with E-state index in [0.29, 0.717) is 13.2 Å². The molecule has 2 heteroatoms. The second kappa shape index (κ2) is 7.34. The molecule has 1 aromatic rings. The van der Waals surface area contributed by atoms with E-state index in [-0.39, 0.29) is 6.29 Å². The number of rotatable bonds is 6. The van der Waals surface area contributed by atoms with E-state index in [0.717, 1.165) is 6.42 Å². The number of benzene rings is 1. The maximum Gasteiger partial charge on any atom is 0.180 e. The monoisotopic (exact) mass is 246 g/mol. The van der Waals surface area contributed by atoms with Crippen molar-refractivity contribution < 1.29 is 9.47 Å². The van der Waals surface area contributed by atoms with Crippen molar-refractivity contribution in [2.24, 2.45) is 0 Å². The first kappa shape index (κ1) is 13.3. The van der Waals surface area contributed by atoms with Gasteiger partial charge in [-0.25, -0.2) is 0 Å². The zero-order chi connectivity index (χ0) is 12.6. The molecular weight excluding hydrogens is 224 g/mol. The Balaban J connectivity index is 2.05. The zero-order valence-corrected chi connectivity index (χ0v) is 11.1. The minimum atomic E-state index is -0.123. The van der Waals surface area contributed by atoms with Gasteiger partial charge in [0.15, 0.2) is 6.29 Å². The standard InChI is InChI=1S/C16H22O2/c1-2-3-5-10-15(16-17-11-12-18-16)13-14-8-6-4-7-9-14/h4,6-9,13,16H,2-3,5,10-12H2,1H3/b15-13-. The topological polar surface area (TPSA) is 18.5 Å². The van der Waals surface area contributed by atoms with Crippen LogP contribution in [0, 0.1) is 0 Å². The van der Waals surface area contributed by atoms with Crippen LogP contribution in [0.25, 0.3) is 6.08 Å². The van der Waals surface area contributed by atoms with Crippen molar-refractivity contribution in [3.05, 3.63) is 41.5 Å². The van der Waals surface area contributed by atoms with Gasteiger partial charge in [-0.3, -0.25) is 0 Å². The molecule has 0 aliphatic carbocycles. The molecule has 0 saturated carbocycles. The third-order valence-electron chi connectivity index (χ3n) is 3.15. The summed E-state index contributed by atoms with van der Waals surface area (Å²) in [5.41, 5.74) is 2.50. The molecule has 1 saturated heterocycles. The van der Waals surface area contributed by atoms with Gasteiger partial charge in [-0.15, -0.1) is 0 Å². The molecule has 2 rings (SSSR count). The molecule has 1 aliphatic rings. The van der Waals surface area contributed by atoms with Crippen LogP contribution in [0.3, 0.4) is 0 Å². The van der Waals surface area contributed by atoms with Crippen LogP contribution in [0.2, 0.25) is 0 Å². The minimum Gasteiger partial charge on any atom is -0.346 e. The first-order chi connectivity index (χ1) is 8.90. The van der Waals surface area contributed by atoms with E-state index in [2.05, 4.69) is 37.3 Å². The highest BCUT2D eigenvalue weighted by Crippen LogP contribution is 2.22. The van der Waals surface area contributed by atoms with Crippen molar-refractivity contribution in [2.45, 2.75) is 38.9 Å². The van der Waals surface area contributed by atoms with Gasteiger partial charge in [0.25, 0.3) is 0 Å². The maximum atomic E-state index is 5.63. The zero-order valence-electron chi connectivity index (χ0n) is 11.1. The van der Waals surface area contributed by atoms with Crippen molar-refractivity contribution in [3.63, 3.8) is 0 Å². The van der Waals surface area contributed by atoms with E-state index in [1.54, 1.807) is 0 Å². The maximum absolute atomic E-state index is 5.63. The van der Waals surface area contributed by atoms with Crippen molar-refractivity contribution in [2.75, 3.05) is 13.2 Å². The van der Waals surface area contributed by atoms with Gasteiger partial charge in [0.2, 0.25) is 0 Å². The average Bonchev–Trinajstić information content (AvgIpc) is 2.93. The first-order valence-corrected chi connectivity index (χ1v) is 6.89. The Morgan fingerprint density at radius 1 is 1.17 bits per heavy atom. The summed E-state index contributed by atoms with van der Waals surface area (Å²) in [6, 6.07) is 10.4. The summed E-state index contributed by atoms with van der Waals surface area (Å²) < 4.78 is 11.3. The fraction of sp³-hybridized carbons (Fsp3) is 0.500. The normalized spacial score (nSPS) is 17.3. The molecule has 0 N–H and O–H groups in total. The molecule has 1 heterocycles. The Morgan fingerprint density at radius 3 is 2.56 bits per heavy atom. The smallest absolute Gasteiger partial charge is 0.180 e. The van der Waals surface area contributed by atoms with E-state index in [4.69, 9.17) is 9.47 Å². The molecule has 0 bridgehead atoms. The van der Waals surface area contributed by atoms with Crippen molar-refractivity contribution >= 4 is 6.08 Å². The molecule has 0 radical (unpaired) electrons. The lowest BCUT2D eigenvalue weighted by atomic mass is 10.0. The van der Waals surface area contributed by atoms with Crippen molar-refractivity contribution in [1.82, 2.24) is 0 Å². The number of ether oxygens (including phenoxy) is 2. The Bertz CT molecular complexity index is 364. The number of hydrogen-bond acceptors (Lipinski definition) is 2. The molecule has 0 spiro atoms. The van der Waals surface area contributed by atoms with Crippen LogP contribution in [0.1, 0.15) is 38.2 Å². The molecule has 0 aromatic heterocycles. The van der Waals surface area contributed by atoms with Crippen LogP contribution in [0.4, 0.5) is 0 Å². The lowest BCUT2D eigenvalue weighted by molar-refractivity contribution is -0.0127. The van der Waals surface area contributed by atoms with Crippen LogP contribution >= 0.6 is 0 Å². The number of unbranched alkanes of at least 4 members (excludes halogenated alkanes) is 2. The lowest BCUT2D eigenvalue weighted by Gasteiger charge is -2.14. The second-order valence-electron chi connectivity index (χ2n) is 4.66. The summed E-state index contributed by atoms with van der Waals surface area (Å²) in [7, 11) is 0. The van der Waals surface area contributed by atoms with E-state index in [9.17, 15) is 0 Å². The van der Waals surface area contributed by atoms with Gasteiger partial charge in [-0.2, -0.15) is 0 Å². The second-order valence-corrected chi connectivity index (χ2v) is 4.66. The Hall–Kier alpha value is -1.12. The SMILES string of the molecule is CCCCC/C(=C/c1ccccc1)C1OCCO1. The third kappa shape index (κ3) is 3.97. The van der Waals surface area contributed by atoms with E-state index in [1.165, 1.54) is 30.4 Å². The molecular formula is C16H22O2. The van der Waals surface area contributed by atoms with Crippen LogP contribution in [0.15, 0.2) is 35.9 Å². The van der Waals surface area contributed by atoms with Gasteiger partial charge in [-0.05, 0) is 24.0 Å². The van der Waals surface area contributed by atoms with Crippen molar-refractivity contribution in [3.8, 4) is 0 Å². The fourth-order valence-electron chi connectivity index (χ4n) is 2.17. The summed E-state index contributed by atoms with van der Waals surface area (Å²) in [5, 5.41) is 0. The summed E-state index contributed by atoms with van der Waals surface area (Å²) in [5.74, 6) is 0. The largest absolute Gasteiger partial charge is 0.346 e. The summed E-state index contributed by atoms with van der Waals surface area (Å²) in [6.07, 6.45) is 6.86. The predicted octanol–water partition coefficient (Wildman–Crippen LogP) is 4.02. The molecule has 18 heavy (non-hydrogen) atoms. The fourth-order valence-corrected chi connectivity index (χ4v) is 2.17. The van der Waals surface area contributed by atoms with Crippen LogP contribution in [-0.2, 0) is 9.47 Å². The molecule has 2 nitrogen and oxygen atoms in total. The molecule has 0 amide bonds. The van der Waals surface area contributed by atoms with E-state index < -0.39 is 0 Å². The third-order valence-corrected chi connectivity index (χ3v) is 3.15. The highest BCUT2D eigenvalue weighted by molar-refractivity contribution is 5.53. The highest BCUT2D eigenvalue weighted by atomic mass is 16.7. The molecule has 1 aromatic carbocycles. The van der Waals surface area contributed by atoms with Crippen molar-refractivity contribution in [1.29, 1.82) is 0 Å². The lowest BCUT2D eigenvalue weighted by Crippen LogP contribution is -2.11. The molecule has 1 aliphatic heterocycles. The van der Waals surface area contributed by atoms with Gasteiger partial charge in [-0.1, -0.05) is 56.2 Å². The van der Waals surface area contributed by atoms with E-state index in [1.807, 2.05) is 6.07 Å². The van der Waals surface area contributed by atoms with Crippen LogP contribution in [-0.4, -0.2) is 19.5 Å². The molecule has 0 atom stereocenters. The predicted molar refractivity (Wildman–Crippen MR) is 74.3 cm³/mol. The van der Waals surface area contributed by atoms with Crippen LogP contribution < -0.4 is 0 Å². The van der Waals surface area contributed by atoms with Gasteiger partial charge in [0.1, 0.15) is 0 Å². The molecule has 0 unspecified atom stereocenters. The average molecular weight is 246 g/mol. The highest BCUT2D eigenvalue weighted by Gasteiger charge is 2.20. The Labute approximate surface area is 110 Å². The first-order valence-electron chi connectivity index (χ1n) is 6.89. The minimum absolute atomic E-state index is 0.123. The van der Waals surface area contributed by atoms with Crippen LogP contribution in [0.5, 0.6) is 0 Å². The van der Waals surface area contributed by atoms with Gasteiger partial charge in [0.05, 0.1) is 13.2 Å². The number of hydrogen-bond donors (Lipinski definition) is 0. The Kier molecular flexibility index (Phi) is 5.43. The summed E-state index contributed by atoms with van der Waals surface area (Å²) in [6.45, 7) is 3.65. The Morgan fingerprint density at radius 2 is 1.89 bits per heavy atom. The molecule has 98 valence electrons. The summed E-state index contributed by atoms with van der Waals surface area (Å²) in [4.78, 5) is 0. The molecule has 1 fully saturated rings. The quantitative estimate of drug-likeness (QED) is 0.706. The van der Waals surface area contributed by atoms with Gasteiger partial charge in [0, 0.05) is 0 Å². The van der Waals surface area contributed by atoms with Gasteiger partial charge < -0.3 is 9.47 Å². The summed E-state index contributed by atoms with van der Waals surface area (Å²) >= 11 is 0. The van der Waals surface area contributed by atoms with Gasteiger partial charge >= 0.3 is 0 Å². The van der Waals surface area contributed by atoms with E-state index >= 15 is 0 Å².